The van der Waals surface area contributed by atoms with E-state index in [0.717, 1.165) is 6.54 Å². The van der Waals surface area contributed by atoms with Gasteiger partial charge in [0.05, 0.1) is 0 Å². The maximum absolute atomic E-state index is 12.9. The van der Waals surface area contributed by atoms with E-state index in [2.05, 4.69) is 99.2 Å². The summed E-state index contributed by atoms with van der Waals surface area (Å²) in [5.41, 5.74) is 4.88. The van der Waals surface area contributed by atoms with Crippen LogP contribution in [0.3, 0.4) is 0 Å². The normalized spacial score (nSPS) is 13.6. The lowest BCUT2D eigenvalue weighted by Crippen LogP contribution is -2.36. The molecule has 1 aromatic heterocycles. The SMILES string of the molecule is CCn1cc(C(CC(=O)NC(C)C(C)C)c2cccc(C)c2)c2ccccc21. The van der Waals surface area contributed by atoms with E-state index < -0.39 is 0 Å². The zero-order valence-corrected chi connectivity index (χ0v) is 17.7. The average molecular weight is 377 g/mol. The van der Waals surface area contributed by atoms with Crippen molar-refractivity contribution in [2.45, 2.75) is 59.5 Å². The number of aryl methyl sites for hydroxylation is 2. The Morgan fingerprint density at radius 1 is 1.07 bits per heavy atom. The van der Waals surface area contributed by atoms with Crippen molar-refractivity contribution >= 4 is 16.8 Å². The summed E-state index contributed by atoms with van der Waals surface area (Å²) in [5.74, 6) is 0.571. The van der Waals surface area contributed by atoms with E-state index in [1.54, 1.807) is 0 Å². The second-order valence-corrected chi connectivity index (χ2v) is 8.16. The van der Waals surface area contributed by atoms with Crippen LogP contribution in [0.2, 0.25) is 0 Å². The molecule has 0 aliphatic carbocycles. The van der Waals surface area contributed by atoms with Gasteiger partial charge in [0.15, 0.2) is 0 Å². The summed E-state index contributed by atoms with van der Waals surface area (Å²) >= 11 is 0. The molecule has 1 heterocycles. The first-order valence-corrected chi connectivity index (χ1v) is 10.3. The lowest BCUT2D eigenvalue weighted by molar-refractivity contribution is -0.122. The van der Waals surface area contributed by atoms with Crippen molar-refractivity contribution in [3.05, 3.63) is 71.4 Å². The Balaban J connectivity index is 2.04. The minimum Gasteiger partial charge on any atom is -0.353 e. The number of hydrogen-bond acceptors (Lipinski definition) is 1. The Bertz CT molecular complexity index is 954. The van der Waals surface area contributed by atoms with Gasteiger partial charge in [0, 0.05) is 42.0 Å². The summed E-state index contributed by atoms with van der Waals surface area (Å²) in [5, 5.41) is 4.42. The highest BCUT2D eigenvalue weighted by atomic mass is 16.1. The van der Waals surface area contributed by atoms with Crippen LogP contribution < -0.4 is 5.32 Å². The average Bonchev–Trinajstić information content (AvgIpc) is 3.04. The molecular formula is C25H32N2O. The molecule has 3 nitrogen and oxygen atoms in total. The predicted molar refractivity (Wildman–Crippen MR) is 118 cm³/mol. The molecule has 1 amide bonds. The lowest BCUT2D eigenvalue weighted by Gasteiger charge is -2.21. The number of hydrogen-bond donors (Lipinski definition) is 1. The van der Waals surface area contributed by atoms with Crippen LogP contribution in [0.25, 0.3) is 10.9 Å². The van der Waals surface area contributed by atoms with E-state index in [-0.39, 0.29) is 17.9 Å². The van der Waals surface area contributed by atoms with E-state index in [1.807, 2.05) is 0 Å². The van der Waals surface area contributed by atoms with Gasteiger partial charge in [-0.2, -0.15) is 0 Å². The molecular weight excluding hydrogens is 344 g/mol. The molecule has 0 radical (unpaired) electrons. The fraction of sp³-hybridized carbons (Fsp3) is 0.400. The van der Waals surface area contributed by atoms with E-state index in [1.165, 1.54) is 27.6 Å². The van der Waals surface area contributed by atoms with E-state index in [9.17, 15) is 4.79 Å². The molecule has 0 bridgehead atoms. The number of aromatic nitrogens is 1. The van der Waals surface area contributed by atoms with E-state index in [0.29, 0.717) is 12.3 Å². The highest BCUT2D eigenvalue weighted by molar-refractivity contribution is 5.86. The molecule has 2 atom stereocenters. The number of nitrogens with one attached hydrogen (secondary N) is 1. The predicted octanol–water partition coefficient (Wildman–Crippen LogP) is 5.65. The molecule has 0 aliphatic rings. The van der Waals surface area contributed by atoms with Crippen molar-refractivity contribution in [1.29, 1.82) is 0 Å². The van der Waals surface area contributed by atoms with Crippen LogP contribution in [0.15, 0.2) is 54.7 Å². The molecule has 0 saturated heterocycles. The third-order valence-corrected chi connectivity index (χ3v) is 5.76. The van der Waals surface area contributed by atoms with Crippen LogP contribution in [-0.4, -0.2) is 16.5 Å². The zero-order valence-electron chi connectivity index (χ0n) is 17.7. The van der Waals surface area contributed by atoms with Gasteiger partial charge in [0.2, 0.25) is 5.91 Å². The van der Waals surface area contributed by atoms with Gasteiger partial charge in [0.1, 0.15) is 0 Å². The van der Waals surface area contributed by atoms with Crippen molar-refractivity contribution in [1.82, 2.24) is 9.88 Å². The molecule has 0 saturated carbocycles. The smallest absolute Gasteiger partial charge is 0.221 e. The number of carbonyl (C=O) groups is 1. The molecule has 2 unspecified atom stereocenters. The topological polar surface area (TPSA) is 34.0 Å². The third-order valence-electron chi connectivity index (χ3n) is 5.76. The summed E-state index contributed by atoms with van der Waals surface area (Å²) < 4.78 is 2.28. The Morgan fingerprint density at radius 3 is 2.50 bits per heavy atom. The summed E-state index contributed by atoms with van der Waals surface area (Å²) in [6.45, 7) is 11.5. The van der Waals surface area contributed by atoms with Crippen molar-refractivity contribution in [3.8, 4) is 0 Å². The van der Waals surface area contributed by atoms with Gasteiger partial charge in [-0.1, -0.05) is 61.9 Å². The first kappa shape index (κ1) is 20.2. The second-order valence-electron chi connectivity index (χ2n) is 8.16. The number of rotatable bonds is 7. The monoisotopic (exact) mass is 376 g/mol. The zero-order chi connectivity index (χ0) is 20.3. The number of para-hydroxylation sites is 1. The number of amides is 1. The van der Waals surface area contributed by atoms with Gasteiger partial charge in [-0.25, -0.2) is 0 Å². The molecule has 2 aromatic carbocycles. The van der Waals surface area contributed by atoms with Crippen LogP contribution in [0.4, 0.5) is 0 Å². The van der Waals surface area contributed by atoms with Gasteiger partial charge >= 0.3 is 0 Å². The molecule has 3 rings (SSSR count). The maximum Gasteiger partial charge on any atom is 0.221 e. The minimum absolute atomic E-state index is 0.0389. The van der Waals surface area contributed by atoms with Crippen LogP contribution in [0.1, 0.15) is 56.7 Å². The van der Waals surface area contributed by atoms with E-state index in [4.69, 9.17) is 0 Å². The Kier molecular flexibility index (Phi) is 6.23. The maximum atomic E-state index is 12.9. The number of carbonyl (C=O) groups excluding carboxylic acids is 1. The highest BCUT2D eigenvalue weighted by Gasteiger charge is 2.23. The molecule has 1 N–H and O–H groups in total. The van der Waals surface area contributed by atoms with Gasteiger partial charge in [-0.15, -0.1) is 0 Å². The fourth-order valence-corrected chi connectivity index (χ4v) is 3.77. The van der Waals surface area contributed by atoms with Crippen LogP contribution in [0.5, 0.6) is 0 Å². The number of benzene rings is 2. The standard InChI is InChI=1S/C25H32N2O/c1-6-27-16-23(21-12-7-8-13-24(21)27)22(20-11-9-10-18(4)14-20)15-25(28)26-19(5)17(2)3/h7-14,16-17,19,22H,6,15H2,1-5H3,(H,26,28). The van der Waals surface area contributed by atoms with Gasteiger partial charge in [0.25, 0.3) is 0 Å². The molecule has 28 heavy (non-hydrogen) atoms. The van der Waals surface area contributed by atoms with Crippen molar-refractivity contribution < 1.29 is 4.79 Å². The molecule has 3 heteroatoms. The summed E-state index contributed by atoms with van der Waals surface area (Å²) in [7, 11) is 0. The quantitative estimate of drug-likeness (QED) is 0.568. The van der Waals surface area contributed by atoms with Gasteiger partial charge < -0.3 is 9.88 Å². The fourth-order valence-electron chi connectivity index (χ4n) is 3.77. The molecule has 0 spiro atoms. The number of fused-ring (bicyclic) bond motifs is 1. The lowest BCUT2D eigenvalue weighted by atomic mass is 9.87. The molecule has 0 aliphatic heterocycles. The van der Waals surface area contributed by atoms with Crippen molar-refractivity contribution in [3.63, 3.8) is 0 Å². The highest BCUT2D eigenvalue weighted by Crippen LogP contribution is 2.35. The number of nitrogens with zero attached hydrogens (tertiary/aromatic N) is 1. The molecule has 3 aromatic rings. The Labute approximate surface area is 168 Å². The largest absolute Gasteiger partial charge is 0.353 e. The molecule has 148 valence electrons. The summed E-state index contributed by atoms with van der Waals surface area (Å²) in [6.07, 6.45) is 2.69. The molecule has 0 fully saturated rings. The van der Waals surface area contributed by atoms with Gasteiger partial charge in [-0.3, -0.25) is 4.79 Å². The van der Waals surface area contributed by atoms with Crippen LogP contribution >= 0.6 is 0 Å². The third kappa shape index (κ3) is 4.30. The van der Waals surface area contributed by atoms with Gasteiger partial charge in [-0.05, 0) is 43.9 Å². The van der Waals surface area contributed by atoms with Crippen molar-refractivity contribution in [2.24, 2.45) is 5.92 Å². The van der Waals surface area contributed by atoms with Crippen LogP contribution in [-0.2, 0) is 11.3 Å². The Hall–Kier alpha value is -2.55. The second kappa shape index (κ2) is 8.64. The van der Waals surface area contributed by atoms with E-state index >= 15 is 0 Å². The minimum atomic E-state index is 0.0389. The summed E-state index contributed by atoms with van der Waals surface area (Å²) in [6, 6.07) is 17.2. The van der Waals surface area contributed by atoms with Crippen molar-refractivity contribution in [2.75, 3.05) is 0 Å². The van der Waals surface area contributed by atoms with Crippen LogP contribution in [0, 0.1) is 12.8 Å². The first-order chi connectivity index (χ1) is 13.4. The first-order valence-electron chi connectivity index (χ1n) is 10.3. The Morgan fingerprint density at radius 2 is 1.82 bits per heavy atom. The summed E-state index contributed by atoms with van der Waals surface area (Å²) in [4.78, 5) is 12.9.